The summed E-state index contributed by atoms with van der Waals surface area (Å²) in [6.45, 7) is 4.93. The molecule has 0 spiro atoms. The fourth-order valence-corrected chi connectivity index (χ4v) is 12.0. The summed E-state index contributed by atoms with van der Waals surface area (Å²) in [5.74, 6) is -0.0445. The molecule has 1 amide bonds. The van der Waals surface area contributed by atoms with Gasteiger partial charge in [0.1, 0.15) is 0 Å². The van der Waals surface area contributed by atoms with Crippen molar-refractivity contribution in [3.05, 3.63) is 24.3 Å². The summed E-state index contributed by atoms with van der Waals surface area (Å²) < 4.78 is 5.50. The van der Waals surface area contributed by atoms with Crippen LogP contribution in [0.2, 0.25) is 0 Å². The Kier molecular flexibility index (Phi) is 70.4. The Morgan fingerprint density at radius 1 is 0.329 bits per heavy atom. The van der Waals surface area contributed by atoms with Crippen LogP contribution in [-0.2, 0) is 14.3 Å². The van der Waals surface area contributed by atoms with Gasteiger partial charge in [-0.1, -0.05) is 378 Å². The highest BCUT2D eigenvalue weighted by Crippen LogP contribution is 2.19. The molecule has 0 radical (unpaired) electrons. The van der Waals surface area contributed by atoms with Crippen molar-refractivity contribution in [1.29, 1.82) is 0 Å². The first-order valence-electron chi connectivity index (χ1n) is 37.6. The van der Waals surface area contributed by atoms with E-state index in [2.05, 4.69) is 31.3 Å². The van der Waals surface area contributed by atoms with E-state index in [-0.39, 0.29) is 18.5 Å². The Labute approximate surface area is 513 Å². The third-order valence-electron chi connectivity index (χ3n) is 17.7. The summed E-state index contributed by atoms with van der Waals surface area (Å²) >= 11 is 0. The van der Waals surface area contributed by atoms with Crippen molar-refractivity contribution in [3.63, 3.8) is 0 Å². The van der Waals surface area contributed by atoms with Gasteiger partial charge in [0, 0.05) is 12.8 Å². The number of amides is 1. The third-order valence-corrected chi connectivity index (χ3v) is 17.7. The molecular weight excluding hydrogens is 1010 g/mol. The van der Waals surface area contributed by atoms with Crippen molar-refractivity contribution in [2.45, 2.75) is 437 Å². The number of esters is 1. The molecule has 0 aliphatic heterocycles. The summed E-state index contributed by atoms with van der Waals surface area (Å²) in [7, 11) is 0. The van der Waals surface area contributed by atoms with Crippen LogP contribution >= 0.6 is 0 Å². The van der Waals surface area contributed by atoms with Crippen molar-refractivity contribution in [1.82, 2.24) is 5.32 Å². The highest BCUT2D eigenvalue weighted by Gasteiger charge is 2.18. The predicted molar refractivity (Wildman–Crippen MR) is 361 cm³/mol. The first-order valence-corrected chi connectivity index (χ1v) is 37.6. The molecule has 6 nitrogen and oxygen atoms in total. The zero-order valence-corrected chi connectivity index (χ0v) is 55.8. The second-order valence-corrected chi connectivity index (χ2v) is 26.0. The Morgan fingerprint density at radius 2 is 0.573 bits per heavy atom. The van der Waals surface area contributed by atoms with E-state index in [1.54, 1.807) is 6.08 Å². The fraction of sp³-hybridized carbons (Fsp3) is 0.921. The molecule has 3 N–H and O–H groups in total. The SMILES string of the molecule is CCCCCCCC/C=C\CCCCCCCC(=O)OCCCCCCCCCCCCCCCCCCCCCCCCCCCCCCCCCCCCCCCC(=O)NC(CO)C(O)/C=C/CCCCCCCCCCCCC. The molecule has 0 saturated carbocycles. The van der Waals surface area contributed by atoms with E-state index in [9.17, 15) is 19.8 Å². The zero-order valence-electron chi connectivity index (χ0n) is 55.8. The number of carbonyl (C=O) groups excluding carboxylic acids is 2. The lowest BCUT2D eigenvalue weighted by Crippen LogP contribution is -2.45. The number of unbranched alkanes of at least 4 members (excludes halogenated alkanes) is 58. The van der Waals surface area contributed by atoms with Crippen LogP contribution in [-0.4, -0.2) is 47.4 Å². The maximum Gasteiger partial charge on any atom is 0.305 e. The van der Waals surface area contributed by atoms with Crippen LogP contribution in [0, 0.1) is 0 Å². The van der Waals surface area contributed by atoms with Crippen LogP contribution in [0.15, 0.2) is 24.3 Å². The molecule has 2 atom stereocenters. The molecule has 0 saturated heterocycles. The fourth-order valence-electron chi connectivity index (χ4n) is 12.0. The molecule has 0 rings (SSSR count). The second-order valence-electron chi connectivity index (χ2n) is 26.0. The van der Waals surface area contributed by atoms with Gasteiger partial charge in [-0.25, -0.2) is 0 Å². The van der Waals surface area contributed by atoms with Crippen molar-refractivity contribution in [2.75, 3.05) is 13.2 Å². The van der Waals surface area contributed by atoms with E-state index in [0.717, 1.165) is 44.9 Å². The van der Waals surface area contributed by atoms with Gasteiger partial charge >= 0.3 is 5.97 Å². The summed E-state index contributed by atoms with van der Waals surface area (Å²) in [6, 6.07) is -0.622. The van der Waals surface area contributed by atoms with Crippen molar-refractivity contribution < 1.29 is 24.5 Å². The lowest BCUT2D eigenvalue weighted by molar-refractivity contribution is -0.143. The van der Waals surface area contributed by atoms with Crippen molar-refractivity contribution in [2.24, 2.45) is 0 Å². The van der Waals surface area contributed by atoms with Gasteiger partial charge in [-0.15, -0.1) is 0 Å². The smallest absolute Gasteiger partial charge is 0.305 e. The average molecular weight is 1160 g/mol. The number of aliphatic hydroxyl groups excluding tert-OH is 2. The van der Waals surface area contributed by atoms with Gasteiger partial charge in [0.2, 0.25) is 5.91 Å². The number of rotatable bonds is 71. The quantitative estimate of drug-likeness (QED) is 0.0320. The van der Waals surface area contributed by atoms with Crippen LogP contribution in [0.25, 0.3) is 0 Å². The first-order chi connectivity index (χ1) is 40.5. The molecule has 0 heterocycles. The standard InChI is InChI=1S/C76H147NO5/c1-3-5-7-9-11-13-15-17-41-46-50-54-58-62-66-70-76(81)82-71-67-63-59-55-51-47-43-40-38-36-34-32-30-28-26-24-22-20-18-19-21-23-25-27-29-31-33-35-37-39-42-45-49-53-57-61-65-69-75(80)77-73(72-78)74(79)68-64-60-56-52-48-44-16-14-12-10-8-6-4-2/h17,41,64,68,73-74,78-79H,3-16,18-40,42-63,65-67,69-72H2,1-2H3,(H,77,80)/b41-17-,68-64+. The number of nitrogens with one attached hydrogen (secondary N) is 1. The van der Waals surface area contributed by atoms with Crippen LogP contribution in [0.3, 0.4) is 0 Å². The van der Waals surface area contributed by atoms with Gasteiger partial charge in [-0.05, 0) is 57.8 Å². The van der Waals surface area contributed by atoms with Gasteiger partial charge < -0.3 is 20.3 Å². The van der Waals surface area contributed by atoms with Crippen LogP contribution in [0.5, 0.6) is 0 Å². The van der Waals surface area contributed by atoms with E-state index in [4.69, 9.17) is 4.74 Å². The topological polar surface area (TPSA) is 95.9 Å². The minimum absolute atomic E-state index is 0.0159. The summed E-state index contributed by atoms with van der Waals surface area (Å²) in [6.07, 6.45) is 91.6. The van der Waals surface area contributed by atoms with Gasteiger partial charge in [-0.3, -0.25) is 9.59 Å². The maximum absolute atomic E-state index is 12.5. The van der Waals surface area contributed by atoms with E-state index >= 15 is 0 Å². The Morgan fingerprint density at radius 3 is 0.866 bits per heavy atom. The maximum atomic E-state index is 12.5. The van der Waals surface area contributed by atoms with E-state index < -0.39 is 12.1 Å². The molecule has 0 aliphatic rings. The molecule has 0 aromatic carbocycles. The number of aliphatic hydroxyl groups is 2. The minimum atomic E-state index is -0.839. The van der Waals surface area contributed by atoms with Gasteiger partial charge in [0.25, 0.3) is 0 Å². The number of hydrogen-bond acceptors (Lipinski definition) is 5. The van der Waals surface area contributed by atoms with Crippen molar-refractivity contribution in [3.8, 4) is 0 Å². The van der Waals surface area contributed by atoms with Crippen LogP contribution < -0.4 is 5.32 Å². The summed E-state index contributed by atoms with van der Waals surface area (Å²) in [5, 5.41) is 23.1. The summed E-state index contributed by atoms with van der Waals surface area (Å²) in [5.41, 5.74) is 0. The van der Waals surface area contributed by atoms with Gasteiger partial charge in [0.15, 0.2) is 0 Å². The molecule has 82 heavy (non-hydrogen) atoms. The molecule has 6 heteroatoms. The second kappa shape index (κ2) is 71.8. The van der Waals surface area contributed by atoms with E-state index in [1.165, 1.54) is 353 Å². The molecule has 2 unspecified atom stereocenters. The molecule has 0 aromatic rings. The van der Waals surface area contributed by atoms with Crippen LogP contribution in [0.1, 0.15) is 425 Å². The Balaban J connectivity index is 3.29. The molecule has 486 valence electrons. The molecular formula is C76H147NO5. The van der Waals surface area contributed by atoms with Gasteiger partial charge in [-0.2, -0.15) is 0 Å². The Bertz CT molecular complexity index is 1280. The Hall–Kier alpha value is -1.66. The van der Waals surface area contributed by atoms with Crippen LogP contribution in [0.4, 0.5) is 0 Å². The third kappa shape index (κ3) is 67.5. The summed E-state index contributed by atoms with van der Waals surface area (Å²) in [4.78, 5) is 24.5. The molecule has 0 aromatic heterocycles. The largest absolute Gasteiger partial charge is 0.466 e. The minimum Gasteiger partial charge on any atom is -0.466 e. The number of carbonyl (C=O) groups is 2. The zero-order chi connectivity index (χ0) is 59.2. The highest BCUT2D eigenvalue weighted by atomic mass is 16.5. The average Bonchev–Trinajstić information content (AvgIpc) is 3.48. The number of ether oxygens (including phenoxy) is 1. The van der Waals surface area contributed by atoms with Crippen molar-refractivity contribution >= 4 is 11.9 Å². The monoisotopic (exact) mass is 1150 g/mol. The number of hydrogen-bond donors (Lipinski definition) is 3. The highest BCUT2D eigenvalue weighted by molar-refractivity contribution is 5.76. The first kappa shape index (κ1) is 80.3. The predicted octanol–water partition coefficient (Wildman–Crippen LogP) is 24.5. The number of allylic oxidation sites excluding steroid dienone is 3. The lowest BCUT2D eigenvalue weighted by atomic mass is 10.0. The molecule has 0 aliphatic carbocycles. The van der Waals surface area contributed by atoms with E-state index in [1.807, 2.05) is 6.08 Å². The molecule has 0 fully saturated rings. The van der Waals surface area contributed by atoms with Gasteiger partial charge in [0.05, 0.1) is 25.4 Å². The normalized spacial score (nSPS) is 12.6. The van der Waals surface area contributed by atoms with E-state index in [0.29, 0.717) is 19.4 Å². The molecule has 0 bridgehead atoms. The lowest BCUT2D eigenvalue weighted by Gasteiger charge is -2.20.